The van der Waals surface area contributed by atoms with Gasteiger partial charge in [-0.1, -0.05) is 38.8 Å². The number of amides is 1. The molecule has 1 N–H and O–H groups in total. The third kappa shape index (κ3) is 3.38. The minimum Gasteiger partial charge on any atom is -0.304 e. The second-order valence-corrected chi connectivity index (χ2v) is 5.90. The minimum atomic E-state index is -0.430. The van der Waals surface area contributed by atoms with Crippen LogP contribution in [0.1, 0.15) is 16.2 Å². The molecule has 0 aliphatic rings. The molecule has 2 aromatic heterocycles. The maximum absolute atomic E-state index is 12.3. The van der Waals surface area contributed by atoms with E-state index in [-0.39, 0.29) is 16.7 Å². The van der Waals surface area contributed by atoms with E-state index in [1.807, 2.05) is 24.3 Å². The fourth-order valence-corrected chi connectivity index (χ4v) is 2.50. The van der Waals surface area contributed by atoms with Gasteiger partial charge in [0.25, 0.3) is 5.91 Å². The van der Waals surface area contributed by atoms with Gasteiger partial charge in [-0.3, -0.25) is 9.78 Å². The lowest BCUT2D eigenvalue weighted by Gasteiger charge is -2.05. The topological polar surface area (TPSA) is 85.6 Å². The summed E-state index contributed by atoms with van der Waals surface area (Å²) in [5.74, 6) is -0.181. The fraction of sp³-hybridized carbons (Fsp3) is 0.0714. The van der Waals surface area contributed by atoms with Gasteiger partial charge in [0, 0.05) is 4.47 Å². The molecule has 0 radical (unpaired) electrons. The Kier molecular flexibility index (Phi) is 4.35. The summed E-state index contributed by atoms with van der Waals surface area (Å²) in [5.41, 5.74) is 1.60. The zero-order chi connectivity index (χ0) is 16.4. The summed E-state index contributed by atoms with van der Waals surface area (Å²) in [4.78, 5) is 20.1. The predicted molar refractivity (Wildman–Crippen MR) is 88.8 cm³/mol. The number of rotatable bonds is 3. The van der Waals surface area contributed by atoms with Crippen LogP contribution in [-0.4, -0.2) is 30.9 Å². The maximum atomic E-state index is 12.3. The first-order valence-corrected chi connectivity index (χ1v) is 7.69. The minimum absolute atomic E-state index is 0.192. The first-order valence-electron chi connectivity index (χ1n) is 6.52. The van der Waals surface area contributed by atoms with Gasteiger partial charge in [0.05, 0.1) is 23.8 Å². The number of hydrogen-bond acceptors (Lipinski definition) is 5. The molecule has 2 heterocycles. The Hall–Kier alpha value is -2.32. The highest BCUT2D eigenvalue weighted by Crippen LogP contribution is 2.18. The molecular weight excluding hydrogens is 384 g/mol. The van der Waals surface area contributed by atoms with Gasteiger partial charge in [0.15, 0.2) is 11.5 Å². The number of nitrogens with one attached hydrogen (secondary N) is 1. The van der Waals surface area contributed by atoms with Crippen LogP contribution in [0, 0.1) is 6.92 Å². The molecule has 0 saturated heterocycles. The highest BCUT2D eigenvalue weighted by molar-refractivity contribution is 9.10. The van der Waals surface area contributed by atoms with Gasteiger partial charge >= 0.3 is 0 Å². The lowest BCUT2D eigenvalue weighted by atomic mass is 10.3. The van der Waals surface area contributed by atoms with Crippen LogP contribution in [-0.2, 0) is 0 Å². The van der Waals surface area contributed by atoms with E-state index in [0.29, 0.717) is 5.69 Å². The van der Waals surface area contributed by atoms with E-state index in [9.17, 15) is 4.79 Å². The highest BCUT2D eigenvalue weighted by atomic mass is 79.9. The van der Waals surface area contributed by atoms with Gasteiger partial charge < -0.3 is 5.32 Å². The number of anilines is 1. The molecule has 1 aromatic carbocycles. The van der Waals surface area contributed by atoms with E-state index in [4.69, 9.17) is 11.6 Å². The quantitative estimate of drug-likeness (QED) is 0.739. The zero-order valence-corrected chi connectivity index (χ0v) is 14.2. The lowest BCUT2D eigenvalue weighted by Crippen LogP contribution is -2.15. The summed E-state index contributed by atoms with van der Waals surface area (Å²) < 4.78 is 2.49. The Morgan fingerprint density at radius 2 is 2.17 bits per heavy atom. The molecule has 3 rings (SSSR count). The molecule has 0 bridgehead atoms. The molecule has 116 valence electrons. The number of hydrogen-bond donors (Lipinski definition) is 1. The summed E-state index contributed by atoms with van der Waals surface area (Å²) in [6, 6.07) is 7.53. The van der Waals surface area contributed by atoms with E-state index in [2.05, 4.69) is 41.5 Å². The SMILES string of the molecule is Cc1c(C(=O)Nc2cncc(Cl)n2)nnn1-c1cccc(Br)c1. The zero-order valence-electron chi connectivity index (χ0n) is 11.9. The van der Waals surface area contributed by atoms with Crippen molar-refractivity contribution in [2.75, 3.05) is 5.32 Å². The van der Waals surface area contributed by atoms with Crippen LogP contribution in [0.25, 0.3) is 5.69 Å². The normalized spacial score (nSPS) is 10.6. The Bertz CT molecular complexity index is 881. The highest BCUT2D eigenvalue weighted by Gasteiger charge is 2.18. The van der Waals surface area contributed by atoms with Crippen LogP contribution >= 0.6 is 27.5 Å². The average molecular weight is 394 g/mol. The van der Waals surface area contributed by atoms with Gasteiger partial charge in [-0.25, -0.2) is 9.67 Å². The molecule has 0 fully saturated rings. The van der Waals surface area contributed by atoms with Crippen LogP contribution in [0.3, 0.4) is 0 Å². The van der Waals surface area contributed by atoms with Gasteiger partial charge in [-0.15, -0.1) is 5.10 Å². The standard InChI is InChI=1S/C14H10BrClN6O/c1-8-13(14(23)19-12-7-17-6-11(16)18-12)20-21-22(8)10-4-2-3-9(15)5-10/h2-7H,1H3,(H,18,19,23). The van der Waals surface area contributed by atoms with Crippen molar-refractivity contribution in [3.05, 3.63) is 57.7 Å². The van der Waals surface area contributed by atoms with Gasteiger partial charge in [0.1, 0.15) is 5.15 Å². The Balaban J connectivity index is 1.88. The smallest absolute Gasteiger partial charge is 0.279 e. The van der Waals surface area contributed by atoms with Crippen molar-refractivity contribution in [1.29, 1.82) is 0 Å². The van der Waals surface area contributed by atoms with Gasteiger partial charge in [0.2, 0.25) is 0 Å². The lowest BCUT2D eigenvalue weighted by molar-refractivity contribution is 0.102. The number of aromatic nitrogens is 5. The van der Waals surface area contributed by atoms with Gasteiger partial charge in [-0.05, 0) is 25.1 Å². The first kappa shape index (κ1) is 15.6. The number of benzene rings is 1. The molecule has 9 heteroatoms. The van der Waals surface area contributed by atoms with Crippen LogP contribution in [0.4, 0.5) is 5.82 Å². The molecule has 7 nitrogen and oxygen atoms in total. The van der Waals surface area contributed by atoms with Gasteiger partial charge in [-0.2, -0.15) is 0 Å². The van der Waals surface area contributed by atoms with Crippen molar-refractivity contribution in [1.82, 2.24) is 25.0 Å². The summed E-state index contributed by atoms with van der Waals surface area (Å²) in [6.07, 6.45) is 2.78. The Labute approximate surface area is 144 Å². The molecule has 23 heavy (non-hydrogen) atoms. The molecule has 1 amide bonds. The van der Waals surface area contributed by atoms with E-state index >= 15 is 0 Å². The number of carbonyl (C=O) groups is 1. The first-order chi connectivity index (χ1) is 11.0. The molecule has 0 unspecified atom stereocenters. The predicted octanol–water partition coefficient (Wildman–Crippen LogP) is 3.03. The Morgan fingerprint density at radius 3 is 2.91 bits per heavy atom. The van der Waals surface area contributed by atoms with Crippen molar-refractivity contribution in [2.45, 2.75) is 6.92 Å². The van der Waals surface area contributed by atoms with Crippen molar-refractivity contribution >= 4 is 39.3 Å². The molecule has 0 aliphatic heterocycles. The van der Waals surface area contributed by atoms with E-state index < -0.39 is 5.91 Å². The molecular formula is C14H10BrClN6O. The summed E-state index contributed by atoms with van der Waals surface area (Å²) in [6.45, 7) is 1.76. The third-order valence-corrected chi connectivity index (χ3v) is 3.68. The van der Waals surface area contributed by atoms with Crippen LogP contribution in [0.2, 0.25) is 5.15 Å². The average Bonchev–Trinajstić information content (AvgIpc) is 2.89. The number of nitrogens with zero attached hydrogens (tertiary/aromatic N) is 5. The Morgan fingerprint density at radius 1 is 1.35 bits per heavy atom. The van der Waals surface area contributed by atoms with Crippen LogP contribution in [0.5, 0.6) is 0 Å². The van der Waals surface area contributed by atoms with Crippen molar-refractivity contribution < 1.29 is 4.79 Å². The molecule has 0 spiro atoms. The largest absolute Gasteiger partial charge is 0.304 e. The maximum Gasteiger partial charge on any atom is 0.279 e. The van der Waals surface area contributed by atoms with Crippen molar-refractivity contribution in [2.24, 2.45) is 0 Å². The monoisotopic (exact) mass is 392 g/mol. The molecule has 3 aromatic rings. The summed E-state index contributed by atoms with van der Waals surface area (Å²) in [7, 11) is 0. The van der Waals surface area contributed by atoms with Crippen molar-refractivity contribution in [3.8, 4) is 5.69 Å². The number of carbonyl (C=O) groups excluding carboxylic acids is 1. The second kappa shape index (κ2) is 6.43. The summed E-state index contributed by atoms with van der Waals surface area (Å²) in [5, 5.41) is 10.8. The van der Waals surface area contributed by atoms with E-state index in [0.717, 1.165) is 10.2 Å². The third-order valence-electron chi connectivity index (χ3n) is 3.01. The van der Waals surface area contributed by atoms with E-state index in [1.165, 1.54) is 12.4 Å². The number of halogens is 2. The van der Waals surface area contributed by atoms with E-state index in [1.54, 1.807) is 11.6 Å². The molecule has 0 aliphatic carbocycles. The summed E-state index contributed by atoms with van der Waals surface area (Å²) >= 11 is 9.15. The van der Waals surface area contributed by atoms with Crippen molar-refractivity contribution in [3.63, 3.8) is 0 Å². The van der Waals surface area contributed by atoms with Crippen LogP contribution < -0.4 is 5.32 Å². The molecule has 0 atom stereocenters. The fourth-order valence-electron chi connectivity index (χ4n) is 1.97. The van der Waals surface area contributed by atoms with Crippen LogP contribution in [0.15, 0.2) is 41.1 Å². The molecule has 0 saturated carbocycles. The second-order valence-electron chi connectivity index (χ2n) is 4.60.